The van der Waals surface area contributed by atoms with E-state index in [1.165, 1.54) is 0 Å². The first-order chi connectivity index (χ1) is 30.4. The van der Waals surface area contributed by atoms with Gasteiger partial charge in [-0.05, 0) is 98.9 Å². The molecule has 7 fully saturated rings. The predicted molar refractivity (Wildman–Crippen MR) is 219 cm³/mol. The van der Waals surface area contributed by atoms with Gasteiger partial charge in [0.05, 0.1) is 44.4 Å². The van der Waals surface area contributed by atoms with Crippen LogP contribution in [0.25, 0.3) is 0 Å². The summed E-state index contributed by atoms with van der Waals surface area (Å²) in [4.78, 5) is 0. The van der Waals surface area contributed by atoms with Crippen LogP contribution >= 0.6 is 0 Å². The first-order valence-electron chi connectivity index (χ1n) is 23.6. The van der Waals surface area contributed by atoms with E-state index in [4.69, 9.17) is 33.2 Å². The molecule has 4 saturated carbocycles. The minimum absolute atomic E-state index is 0.0330. The van der Waals surface area contributed by atoms with Gasteiger partial charge < -0.3 is 94.4 Å². The van der Waals surface area contributed by atoms with Crippen LogP contribution in [0.1, 0.15) is 85.5 Å². The third-order valence-electron chi connectivity index (χ3n) is 17.4. The maximum atomic E-state index is 12.0. The van der Waals surface area contributed by atoms with Gasteiger partial charge in [-0.3, -0.25) is 0 Å². The molecular formula is C45H74O19. The Kier molecular flexibility index (Phi) is 14.9. The van der Waals surface area contributed by atoms with Crippen LogP contribution in [-0.2, 0) is 33.2 Å². The van der Waals surface area contributed by atoms with Crippen LogP contribution in [0.3, 0.4) is 0 Å². The topological polar surface area (TPSA) is 307 Å². The second-order valence-electron chi connectivity index (χ2n) is 21.0. The van der Waals surface area contributed by atoms with Gasteiger partial charge in [0.15, 0.2) is 18.9 Å². The summed E-state index contributed by atoms with van der Waals surface area (Å²) in [5, 5.41) is 126. The molecule has 0 amide bonds. The molecule has 8 aliphatic rings. The van der Waals surface area contributed by atoms with Crippen molar-refractivity contribution in [3.05, 3.63) is 11.3 Å². The van der Waals surface area contributed by atoms with Gasteiger partial charge in [0.1, 0.15) is 79.4 Å². The second kappa shape index (κ2) is 19.3. The molecule has 64 heavy (non-hydrogen) atoms. The van der Waals surface area contributed by atoms with Crippen LogP contribution in [0.4, 0.5) is 0 Å². The summed E-state index contributed by atoms with van der Waals surface area (Å²) in [6.45, 7) is 6.92. The molecule has 8 rings (SSSR count). The summed E-state index contributed by atoms with van der Waals surface area (Å²) in [6, 6.07) is 0. The third kappa shape index (κ3) is 8.52. The Morgan fingerprint density at radius 2 is 1.25 bits per heavy atom. The Hall–Kier alpha value is -1.18. The molecule has 3 saturated heterocycles. The Morgan fingerprint density at radius 3 is 1.89 bits per heavy atom. The molecule has 368 valence electrons. The average Bonchev–Trinajstić information content (AvgIpc) is 3.76. The minimum Gasteiger partial charge on any atom is -0.494 e. The highest BCUT2D eigenvalue weighted by Gasteiger charge is 2.69. The lowest BCUT2D eigenvalue weighted by atomic mass is 9.44. The molecule has 0 aromatic heterocycles. The number of allylic oxidation sites excluding steroid dienone is 1. The molecule has 0 aromatic rings. The van der Waals surface area contributed by atoms with Crippen molar-refractivity contribution in [1.29, 1.82) is 0 Å². The number of hydrogen-bond donors (Lipinski definition) is 12. The van der Waals surface area contributed by atoms with E-state index in [2.05, 4.69) is 20.8 Å². The highest BCUT2D eigenvalue weighted by molar-refractivity contribution is 5.28. The van der Waals surface area contributed by atoms with Crippen LogP contribution in [0.5, 0.6) is 0 Å². The van der Waals surface area contributed by atoms with Gasteiger partial charge in [-0.1, -0.05) is 20.8 Å². The van der Waals surface area contributed by atoms with Crippen molar-refractivity contribution in [2.75, 3.05) is 26.4 Å². The Balaban J connectivity index is 1.03. The Labute approximate surface area is 373 Å². The molecule has 19 heteroatoms. The summed E-state index contributed by atoms with van der Waals surface area (Å²) >= 11 is 0. The number of aliphatic hydroxyl groups excluding tert-OH is 12. The van der Waals surface area contributed by atoms with E-state index in [0.717, 1.165) is 43.4 Å². The zero-order chi connectivity index (χ0) is 46.2. The molecule has 0 radical (unpaired) electrons. The molecule has 4 heterocycles. The lowest BCUT2D eigenvalue weighted by molar-refractivity contribution is -0.370. The van der Waals surface area contributed by atoms with Crippen LogP contribution < -0.4 is 0 Å². The number of aliphatic hydroxyl groups is 12. The van der Waals surface area contributed by atoms with Crippen molar-refractivity contribution in [2.24, 2.45) is 46.3 Å². The third-order valence-corrected chi connectivity index (χ3v) is 17.4. The lowest BCUT2D eigenvalue weighted by Gasteiger charge is -2.63. The monoisotopic (exact) mass is 918 g/mol. The maximum absolute atomic E-state index is 12.0. The Morgan fingerprint density at radius 1 is 0.656 bits per heavy atom. The number of hydrogen-bond acceptors (Lipinski definition) is 19. The van der Waals surface area contributed by atoms with E-state index in [1.54, 1.807) is 0 Å². The Bertz CT molecular complexity index is 1620. The summed E-state index contributed by atoms with van der Waals surface area (Å²) in [5.74, 6) is 1.82. The minimum atomic E-state index is -1.81. The van der Waals surface area contributed by atoms with E-state index >= 15 is 0 Å². The zero-order valence-electron chi connectivity index (χ0n) is 37.3. The fourth-order valence-electron chi connectivity index (χ4n) is 13.7. The van der Waals surface area contributed by atoms with E-state index in [0.29, 0.717) is 37.5 Å². The number of rotatable bonds is 13. The van der Waals surface area contributed by atoms with E-state index in [-0.39, 0.29) is 47.9 Å². The lowest BCUT2D eigenvalue weighted by Crippen LogP contribution is -2.66. The van der Waals surface area contributed by atoms with E-state index < -0.39 is 123 Å². The van der Waals surface area contributed by atoms with Crippen molar-refractivity contribution in [1.82, 2.24) is 0 Å². The first-order valence-corrected chi connectivity index (χ1v) is 23.6. The van der Waals surface area contributed by atoms with Gasteiger partial charge in [0.25, 0.3) is 0 Å². The number of ether oxygens (including phenoxy) is 7. The van der Waals surface area contributed by atoms with Crippen molar-refractivity contribution in [3.63, 3.8) is 0 Å². The van der Waals surface area contributed by atoms with Crippen LogP contribution in [-0.4, -0.2) is 198 Å². The van der Waals surface area contributed by atoms with Crippen molar-refractivity contribution in [2.45, 2.75) is 196 Å². The molecule has 4 aliphatic heterocycles. The van der Waals surface area contributed by atoms with E-state index in [1.807, 2.05) is 6.92 Å². The first kappa shape index (κ1) is 49.2. The summed E-state index contributed by atoms with van der Waals surface area (Å²) in [6.07, 6.45) is -16.6. The molecule has 12 N–H and O–H groups in total. The molecule has 0 spiro atoms. The van der Waals surface area contributed by atoms with Crippen molar-refractivity contribution >= 4 is 0 Å². The van der Waals surface area contributed by atoms with Gasteiger partial charge in [-0.25, -0.2) is 0 Å². The van der Waals surface area contributed by atoms with Crippen molar-refractivity contribution < 1.29 is 94.4 Å². The van der Waals surface area contributed by atoms with E-state index in [9.17, 15) is 61.3 Å². The molecule has 0 aromatic carbocycles. The van der Waals surface area contributed by atoms with Crippen LogP contribution in [0.15, 0.2) is 11.3 Å². The van der Waals surface area contributed by atoms with Gasteiger partial charge in [-0.15, -0.1) is 0 Å². The zero-order valence-corrected chi connectivity index (χ0v) is 37.3. The molecule has 0 bridgehead atoms. The standard InChI is InChI=1S/C45H74O19/c1-18(17-58-41-37(55)35(53)32(50)27(14-46)60-41)5-8-25-19(2)31-26(59-25)12-24-22-7-6-20-11-21(49)9-10-44(20,3)23(22)13-30(45(24,31)4)63-43-39(57)40(34(52)29(16-48)62-43)64-42-38(56)36(54)33(51)28(15-47)61-42/h18,20-24,26-43,46-57H,5-17H2,1-4H3/t18-,20+,21-,22+,23-,24-,26-,27+,28+,29+,30?,31-,32+,33+,34-,35-,36-,37+,38+,39+,40-,41+,42-,43-,44-,45+/m0/s1. The highest BCUT2D eigenvalue weighted by Crippen LogP contribution is 2.70. The fourth-order valence-corrected chi connectivity index (χ4v) is 13.7. The summed E-state index contributed by atoms with van der Waals surface area (Å²) in [7, 11) is 0. The summed E-state index contributed by atoms with van der Waals surface area (Å²) in [5.41, 5.74) is 0.495. The molecular weight excluding hydrogens is 844 g/mol. The predicted octanol–water partition coefficient (Wildman–Crippen LogP) is -1.86. The summed E-state index contributed by atoms with van der Waals surface area (Å²) < 4.78 is 43.0. The quantitative estimate of drug-likeness (QED) is 0.0902. The smallest absolute Gasteiger partial charge is 0.187 e. The van der Waals surface area contributed by atoms with Crippen LogP contribution in [0, 0.1) is 46.3 Å². The van der Waals surface area contributed by atoms with Gasteiger partial charge in [0.2, 0.25) is 0 Å². The van der Waals surface area contributed by atoms with Gasteiger partial charge >= 0.3 is 0 Å². The molecule has 4 aliphatic carbocycles. The fraction of sp³-hybridized carbons (Fsp3) is 0.956. The number of fused-ring (bicyclic) bond motifs is 7. The highest BCUT2D eigenvalue weighted by atomic mass is 16.7. The van der Waals surface area contributed by atoms with Gasteiger partial charge in [-0.2, -0.15) is 0 Å². The molecule has 19 nitrogen and oxygen atoms in total. The van der Waals surface area contributed by atoms with Crippen LogP contribution in [0.2, 0.25) is 0 Å². The SMILES string of the molecule is CC1=C(CC[C@H](C)CO[C@@H]2O[C@H](CO)[C@@H](O)[C@H](O)[C@H]2O)O[C@H]2C[C@H]3[C@@H]4CC[C@@H]5C[C@@H](O)CC[C@]5(C)[C@H]4CC(O[C@@H]4O[C@H](CO)[C@H](O)[C@H](O[C@@H]5O[C@H](CO)[C@@H](O)[C@H](O)[C@H]5O)[C@H]4O)[C@]3(C)[C@@H]12. The second-order valence-corrected chi connectivity index (χ2v) is 21.0. The van der Waals surface area contributed by atoms with Crippen molar-refractivity contribution in [3.8, 4) is 0 Å². The maximum Gasteiger partial charge on any atom is 0.187 e. The average molecular weight is 919 g/mol. The normalized spacial score (nSPS) is 53.2. The van der Waals surface area contributed by atoms with Gasteiger partial charge in [0, 0.05) is 17.8 Å². The molecule has 1 unspecified atom stereocenters. The molecule has 26 atom stereocenters. The largest absolute Gasteiger partial charge is 0.494 e.